The van der Waals surface area contributed by atoms with Crippen LogP contribution in [0.1, 0.15) is 16.8 Å². The summed E-state index contributed by atoms with van der Waals surface area (Å²) in [5.41, 5.74) is 2.67. The lowest BCUT2D eigenvalue weighted by Crippen LogP contribution is -1.99. The summed E-state index contributed by atoms with van der Waals surface area (Å²) in [7, 11) is 0. The summed E-state index contributed by atoms with van der Waals surface area (Å²) in [6.07, 6.45) is 3.30. The molecule has 1 aromatic heterocycles. The molecule has 0 N–H and O–H groups in total. The maximum atomic E-state index is 10.9. The minimum atomic E-state index is -0.434. The van der Waals surface area contributed by atoms with Gasteiger partial charge >= 0.3 is 0 Å². The molecule has 7 heteroatoms. The van der Waals surface area contributed by atoms with Crippen LogP contribution in [0.25, 0.3) is 5.69 Å². The molecule has 0 radical (unpaired) electrons. The molecule has 0 saturated carbocycles. The summed E-state index contributed by atoms with van der Waals surface area (Å²) in [6.45, 7) is 0.178. The van der Waals surface area contributed by atoms with Gasteiger partial charge < -0.3 is 9.40 Å². The van der Waals surface area contributed by atoms with Gasteiger partial charge in [0.25, 0.3) is 5.69 Å². The van der Waals surface area contributed by atoms with Gasteiger partial charge in [0, 0.05) is 23.9 Å². The smallest absolute Gasteiger partial charge is 0.271 e. The zero-order valence-corrected chi connectivity index (χ0v) is 13.6. The van der Waals surface area contributed by atoms with Gasteiger partial charge in [0.1, 0.15) is 6.61 Å². The van der Waals surface area contributed by atoms with Gasteiger partial charge in [-0.15, -0.1) is 0 Å². The number of benzene rings is 2. The summed E-state index contributed by atoms with van der Waals surface area (Å²) in [5, 5.41) is 23.9. The predicted molar refractivity (Wildman–Crippen MR) is 96.0 cm³/mol. The highest BCUT2D eigenvalue weighted by Crippen LogP contribution is 2.18. The first kappa shape index (κ1) is 16.9. The van der Waals surface area contributed by atoms with E-state index in [1.165, 1.54) is 18.3 Å². The normalized spacial score (nSPS) is 10.6. The molecule has 7 nitrogen and oxygen atoms in total. The summed E-state index contributed by atoms with van der Waals surface area (Å²) < 4.78 is 1.77. The van der Waals surface area contributed by atoms with Crippen molar-refractivity contribution in [3.63, 3.8) is 0 Å². The summed E-state index contributed by atoms with van der Waals surface area (Å²) in [4.78, 5) is 15.8. The van der Waals surface area contributed by atoms with Crippen LogP contribution < -0.4 is 0 Å². The monoisotopic (exact) mass is 346 g/mol. The van der Waals surface area contributed by atoms with Crippen molar-refractivity contribution in [1.29, 1.82) is 5.26 Å². The van der Waals surface area contributed by atoms with E-state index in [9.17, 15) is 10.1 Å². The highest BCUT2D eigenvalue weighted by atomic mass is 16.6. The first-order valence-corrected chi connectivity index (χ1v) is 7.74. The summed E-state index contributed by atoms with van der Waals surface area (Å²) >= 11 is 0. The van der Waals surface area contributed by atoms with Gasteiger partial charge in [0.15, 0.2) is 0 Å². The number of hydrogen-bond donors (Lipinski definition) is 0. The van der Waals surface area contributed by atoms with E-state index in [-0.39, 0.29) is 12.3 Å². The minimum Gasteiger partial charge on any atom is -0.391 e. The van der Waals surface area contributed by atoms with Crippen LogP contribution in [0.2, 0.25) is 0 Å². The average molecular weight is 346 g/mol. The number of aromatic nitrogens is 1. The van der Waals surface area contributed by atoms with Crippen molar-refractivity contribution >= 4 is 11.9 Å². The first-order chi connectivity index (χ1) is 12.7. The van der Waals surface area contributed by atoms with E-state index in [1.54, 1.807) is 41.1 Å². The zero-order chi connectivity index (χ0) is 18.4. The highest BCUT2D eigenvalue weighted by Gasteiger charge is 2.08. The van der Waals surface area contributed by atoms with Gasteiger partial charge in [-0.3, -0.25) is 10.1 Å². The third-order valence-electron chi connectivity index (χ3n) is 3.72. The lowest BCUT2D eigenvalue weighted by atomic mass is 10.1. The minimum absolute atomic E-state index is 0.0171. The van der Waals surface area contributed by atoms with E-state index in [2.05, 4.69) is 11.2 Å². The first-order valence-electron chi connectivity index (χ1n) is 7.74. The molecule has 3 aromatic rings. The highest BCUT2D eigenvalue weighted by molar-refractivity contribution is 5.78. The maximum absolute atomic E-state index is 10.9. The summed E-state index contributed by atoms with van der Waals surface area (Å²) in [6, 6.07) is 19.2. The number of non-ortho nitro benzene ring substituents is 1. The third-order valence-corrected chi connectivity index (χ3v) is 3.72. The van der Waals surface area contributed by atoms with Crippen LogP contribution in [0.15, 0.2) is 72.0 Å². The fraction of sp³-hybridized carbons (Fsp3) is 0.0526. The average Bonchev–Trinajstić information content (AvgIpc) is 3.14. The fourth-order valence-corrected chi connectivity index (χ4v) is 2.44. The number of nitro groups is 1. The van der Waals surface area contributed by atoms with Crippen LogP contribution in [0, 0.1) is 21.4 Å². The van der Waals surface area contributed by atoms with E-state index >= 15 is 0 Å². The molecule has 0 spiro atoms. The summed E-state index contributed by atoms with van der Waals surface area (Å²) in [5.74, 6) is 0. The van der Waals surface area contributed by atoms with E-state index in [0.717, 1.165) is 5.56 Å². The fourth-order valence-electron chi connectivity index (χ4n) is 2.44. The van der Waals surface area contributed by atoms with Crippen molar-refractivity contribution in [3.05, 3.63) is 93.8 Å². The van der Waals surface area contributed by atoms with E-state index < -0.39 is 4.92 Å². The molecule has 0 amide bonds. The van der Waals surface area contributed by atoms with Crippen LogP contribution in [0.4, 0.5) is 5.69 Å². The van der Waals surface area contributed by atoms with Crippen molar-refractivity contribution in [2.45, 2.75) is 6.61 Å². The Hall–Kier alpha value is -3.92. The molecule has 3 rings (SSSR count). The molecule has 0 unspecified atom stereocenters. The number of nitro benzene ring substituents is 1. The van der Waals surface area contributed by atoms with Gasteiger partial charge in [-0.05, 0) is 24.3 Å². The van der Waals surface area contributed by atoms with E-state index in [0.29, 0.717) is 16.9 Å². The van der Waals surface area contributed by atoms with Crippen LogP contribution in [-0.4, -0.2) is 15.7 Å². The quantitative estimate of drug-likeness (QED) is 0.385. The largest absolute Gasteiger partial charge is 0.391 e. The standard InChI is InChI=1S/C19H14N4O3/c20-12-15-5-1-2-6-16(15)14-26-21-13-19-9-4-10-22(19)17-7-3-8-18(11-17)23(24)25/h1-11,13H,14H2/b21-13-. The molecule has 0 fully saturated rings. The SMILES string of the molecule is N#Cc1ccccc1CO/N=C\c1cccn1-c1cccc([N+](=O)[O-])c1. The van der Waals surface area contributed by atoms with Crippen LogP contribution in [-0.2, 0) is 11.4 Å². The molecule has 0 aliphatic rings. The molecule has 1 heterocycles. The molecule has 26 heavy (non-hydrogen) atoms. The third kappa shape index (κ3) is 3.76. The van der Waals surface area contributed by atoms with Crippen molar-refractivity contribution in [2.24, 2.45) is 5.16 Å². The molecule has 0 saturated heterocycles. The van der Waals surface area contributed by atoms with Gasteiger partial charge in [-0.2, -0.15) is 5.26 Å². The number of oxime groups is 1. The predicted octanol–water partition coefficient (Wildman–Crippen LogP) is 3.81. The Morgan fingerprint density at radius 3 is 2.85 bits per heavy atom. The Labute approximate surface area is 149 Å². The molecule has 128 valence electrons. The lowest BCUT2D eigenvalue weighted by Gasteiger charge is -2.06. The molecule has 0 aliphatic carbocycles. The zero-order valence-electron chi connectivity index (χ0n) is 13.6. The van der Waals surface area contributed by atoms with Crippen molar-refractivity contribution < 1.29 is 9.76 Å². The van der Waals surface area contributed by atoms with E-state index in [4.69, 9.17) is 10.1 Å². The Kier molecular flexibility index (Phi) is 5.05. The Morgan fingerprint density at radius 2 is 2.04 bits per heavy atom. The molecule has 0 aliphatic heterocycles. The second-order valence-corrected chi connectivity index (χ2v) is 5.36. The van der Waals surface area contributed by atoms with Crippen LogP contribution >= 0.6 is 0 Å². The lowest BCUT2D eigenvalue weighted by molar-refractivity contribution is -0.384. The second-order valence-electron chi connectivity index (χ2n) is 5.36. The second kappa shape index (κ2) is 7.77. The van der Waals surface area contributed by atoms with Crippen molar-refractivity contribution in [1.82, 2.24) is 4.57 Å². The topological polar surface area (TPSA) is 93.4 Å². The Balaban J connectivity index is 1.73. The van der Waals surface area contributed by atoms with Crippen LogP contribution in [0.3, 0.4) is 0 Å². The number of nitriles is 1. The molecular weight excluding hydrogens is 332 g/mol. The molecule has 0 bridgehead atoms. The number of rotatable bonds is 6. The van der Waals surface area contributed by atoms with Crippen molar-refractivity contribution in [2.75, 3.05) is 0 Å². The molecular formula is C19H14N4O3. The molecule has 2 aromatic carbocycles. The van der Waals surface area contributed by atoms with Gasteiger partial charge in [0.2, 0.25) is 0 Å². The van der Waals surface area contributed by atoms with E-state index in [1.807, 2.05) is 18.2 Å². The number of nitrogens with zero attached hydrogens (tertiary/aromatic N) is 4. The Bertz CT molecular complexity index is 1000. The maximum Gasteiger partial charge on any atom is 0.271 e. The van der Waals surface area contributed by atoms with Crippen molar-refractivity contribution in [3.8, 4) is 11.8 Å². The van der Waals surface area contributed by atoms with Gasteiger partial charge in [-0.25, -0.2) is 0 Å². The number of hydrogen-bond acceptors (Lipinski definition) is 5. The van der Waals surface area contributed by atoms with Gasteiger partial charge in [0.05, 0.1) is 34.2 Å². The van der Waals surface area contributed by atoms with Crippen LogP contribution in [0.5, 0.6) is 0 Å². The Morgan fingerprint density at radius 1 is 1.19 bits per heavy atom. The molecule has 0 atom stereocenters. The van der Waals surface area contributed by atoms with Gasteiger partial charge in [-0.1, -0.05) is 29.4 Å².